The second kappa shape index (κ2) is 6.82. The number of amides is 1. The molecule has 1 fully saturated rings. The van der Waals surface area contributed by atoms with Gasteiger partial charge < -0.3 is 9.64 Å². The van der Waals surface area contributed by atoms with E-state index in [0.29, 0.717) is 36.9 Å². The summed E-state index contributed by atoms with van der Waals surface area (Å²) in [6, 6.07) is 6.86. The van der Waals surface area contributed by atoms with Crippen LogP contribution in [0.5, 0.6) is 0 Å². The lowest BCUT2D eigenvalue weighted by Gasteiger charge is -2.31. The van der Waals surface area contributed by atoms with Crippen LogP contribution in [0.25, 0.3) is 10.8 Å². The van der Waals surface area contributed by atoms with Crippen LogP contribution in [0.15, 0.2) is 29.1 Å². The maximum atomic E-state index is 12.8. The summed E-state index contributed by atoms with van der Waals surface area (Å²) >= 11 is 0. The fraction of sp³-hybridized carbons (Fsp3) is 0.412. The zero-order valence-corrected chi connectivity index (χ0v) is 13.4. The Bertz CT molecular complexity index is 830. The Morgan fingerprint density at radius 3 is 2.83 bits per heavy atom. The zero-order chi connectivity index (χ0) is 17.1. The Kier molecular flexibility index (Phi) is 4.59. The molecule has 1 aliphatic rings. The Hall–Kier alpha value is -2.70. The average Bonchev–Trinajstić information content (AvgIpc) is 2.62. The number of H-pyrrole nitrogens is 1. The number of benzene rings is 1. The van der Waals surface area contributed by atoms with Gasteiger partial charge in [-0.2, -0.15) is 5.10 Å². The van der Waals surface area contributed by atoms with E-state index in [1.165, 1.54) is 0 Å². The summed E-state index contributed by atoms with van der Waals surface area (Å²) in [5.74, 6) is -0.859. The molecule has 0 saturated carbocycles. The number of nitrogens with one attached hydrogen (secondary N) is 1. The molecule has 2 heterocycles. The minimum Gasteiger partial charge on any atom is -0.466 e. The third kappa shape index (κ3) is 3.02. The highest BCUT2D eigenvalue weighted by atomic mass is 16.5. The number of esters is 1. The summed E-state index contributed by atoms with van der Waals surface area (Å²) in [7, 11) is 0. The summed E-state index contributed by atoms with van der Waals surface area (Å²) in [5.41, 5.74) is -0.125. The van der Waals surface area contributed by atoms with E-state index in [-0.39, 0.29) is 29.0 Å². The van der Waals surface area contributed by atoms with Crippen LogP contribution in [0, 0.1) is 5.92 Å². The molecule has 7 heteroatoms. The topological polar surface area (TPSA) is 92.4 Å². The van der Waals surface area contributed by atoms with Crippen LogP contribution in [-0.2, 0) is 9.53 Å². The predicted octanol–water partition coefficient (Wildman–Crippen LogP) is 1.34. The number of piperidine rings is 1. The number of hydrogen-bond acceptors (Lipinski definition) is 5. The lowest BCUT2D eigenvalue weighted by molar-refractivity contribution is -0.149. The standard InChI is InChI=1S/C17H19N3O4/c1-2-24-17(23)11-6-5-9-20(10-11)16(22)14-12-7-3-4-8-13(12)15(21)19-18-14/h3-4,7-8,11H,2,5-6,9-10H2,1H3,(H,19,21)/t11-/m1/s1. The van der Waals surface area contributed by atoms with Gasteiger partial charge in [-0.1, -0.05) is 18.2 Å². The van der Waals surface area contributed by atoms with Crippen molar-refractivity contribution in [2.75, 3.05) is 19.7 Å². The first-order valence-electron chi connectivity index (χ1n) is 8.05. The van der Waals surface area contributed by atoms with E-state index in [0.717, 1.165) is 6.42 Å². The Morgan fingerprint density at radius 2 is 2.08 bits per heavy atom. The van der Waals surface area contributed by atoms with Crippen molar-refractivity contribution < 1.29 is 14.3 Å². The number of aromatic amines is 1. The van der Waals surface area contributed by atoms with Gasteiger partial charge in [-0.3, -0.25) is 14.4 Å². The number of carbonyl (C=O) groups excluding carboxylic acids is 2. The Morgan fingerprint density at radius 1 is 1.33 bits per heavy atom. The molecule has 3 rings (SSSR count). The van der Waals surface area contributed by atoms with Crippen molar-refractivity contribution in [1.82, 2.24) is 15.1 Å². The molecule has 1 amide bonds. The van der Waals surface area contributed by atoms with Crippen LogP contribution in [0.4, 0.5) is 0 Å². The van der Waals surface area contributed by atoms with Gasteiger partial charge in [0.1, 0.15) is 0 Å². The fourth-order valence-electron chi connectivity index (χ4n) is 3.04. The summed E-state index contributed by atoms with van der Waals surface area (Å²) in [4.78, 5) is 38.2. The predicted molar refractivity (Wildman–Crippen MR) is 87.6 cm³/mol. The maximum Gasteiger partial charge on any atom is 0.310 e. The summed E-state index contributed by atoms with van der Waals surface area (Å²) < 4.78 is 5.06. The van der Waals surface area contributed by atoms with E-state index in [1.54, 1.807) is 36.1 Å². The van der Waals surface area contributed by atoms with Crippen molar-refractivity contribution >= 4 is 22.6 Å². The van der Waals surface area contributed by atoms with Crippen molar-refractivity contribution in [3.63, 3.8) is 0 Å². The van der Waals surface area contributed by atoms with Crippen LogP contribution >= 0.6 is 0 Å². The molecular weight excluding hydrogens is 310 g/mol. The van der Waals surface area contributed by atoms with E-state index in [2.05, 4.69) is 10.2 Å². The van der Waals surface area contributed by atoms with Gasteiger partial charge in [0.2, 0.25) is 0 Å². The molecule has 1 saturated heterocycles. The molecule has 7 nitrogen and oxygen atoms in total. The highest BCUT2D eigenvalue weighted by molar-refractivity contribution is 6.04. The summed E-state index contributed by atoms with van der Waals surface area (Å²) in [6.45, 7) is 2.96. The van der Waals surface area contributed by atoms with Gasteiger partial charge in [-0.05, 0) is 25.8 Å². The van der Waals surface area contributed by atoms with Crippen molar-refractivity contribution in [3.05, 3.63) is 40.3 Å². The van der Waals surface area contributed by atoms with Gasteiger partial charge in [0.15, 0.2) is 5.69 Å². The van der Waals surface area contributed by atoms with Crippen molar-refractivity contribution in [1.29, 1.82) is 0 Å². The Labute approximate surface area is 138 Å². The van der Waals surface area contributed by atoms with Crippen molar-refractivity contribution in [2.45, 2.75) is 19.8 Å². The van der Waals surface area contributed by atoms with Crippen LogP contribution in [-0.4, -0.2) is 46.7 Å². The normalized spacial score (nSPS) is 17.7. The van der Waals surface area contributed by atoms with Crippen molar-refractivity contribution in [2.24, 2.45) is 5.92 Å². The van der Waals surface area contributed by atoms with Crippen LogP contribution in [0.2, 0.25) is 0 Å². The molecule has 126 valence electrons. The second-order valence-corrected chi connectivity index (χ2v) is 5.79. The van der Waals surface area contributed by atoms with E-state index >= 15 is 0 Å². The average molecular weight is 329 g/mol. The lowest BCUT2D eigenvalue weighted by Crippen LogP contribution is -2.43. The quantitative estimate of drug-likeness (QED) is 0.858. The lowest BCUT2D eigenvalue weighted by atomic mass is 9.97. The van der Waals surface area contributed by atoms with Gasteiger partial charge in [0.05, 0.1) is 17.9 Å². The van der Waals surface area contributed by atoms with Gasteiger partial charge in [0.25, 0.3) is 11.5 Å². The number of fused-ring (bicyclic) bond motifs is 1. The maximum absolute atomic E-state index is 12.8. The summed E-state index contributed by atoms with van der Waals surface area (Å²) in [6.07, 6.45) is 1.44. The molecule has 1 N–H and O–H groups in total. The zero-order valence-electron chi connectivity index (χ0n) is 13.4. The van der Waals surface area contributed by atoms with E-state index in [9.17, 15) is 14.4 Å². The summed E-state index contributed by atoms with van der Waals surface area (Å²) in [5, 5.41) is 7.26. The monoisotopic (exact) mass is 329 g/mol. The fourth-order valence-corrected chi connectivity index (χ4v) is 3.04. The highest BCUT2D eigenvalue weighted by Crippen LogP contribution is 2.21. The molecule has 0 aliphatic carbocycles. The van der Waals surface area contributed by atoms with Gasteiger partial charge >= 0.3 is 5.97 Å². The second-order valence-electron chi connectivity index (χ2n) is 5.79. The molecule has 1 aliphatic heterocycles. The first-order valence-corrected chi connectivity index (χ1v) is 8.05. The van der Waals surface area contributed by atoms with Gasteiger partial charge in [0, 0.05) is 18.5 Å². The Balaban J connectivity index is 1.88. The molecule has 0 bridgehead atoms. The minimum absolute atomic E-state index is 0.203. The first kappa shape index (κ1) is 16.2. The number of likely N-dealkylation sites (tertiary alicyclic amines) is 1. The van der Waals surface area contributed by atoms with E-state index < -0.39 is 0 Å². The number of nitrogens with zero attached hydrogens (tertiary/aromatic N) is 2. The number of carbonyl (C=O) groups is 2. The van der Waals surface area contributed by atoms with Gasteiger partial charge in [-0.15, -0.1) is 0 Å². The molecule has 0 spiro atoms. The molecule has 2 aromatic rings. The van der Waals surface area contributed by atoms with Crippen LogP contribution < -0.4 is 5.56 Å². The SMILES string of the molecule is CCOC(=O)[C@@H]1CCCN(C(=O)c2n[nH]c(=O)c3ccccc23)C1. The molecule has 1 aromatic carbocycles. The van der Waals surface area contributed by atoms with E-state index in [1.807, 2.05) is 0 Å². The molecule has 1 atom stereocenters. The first-order chi connectivity index (χ1) is 11.6. The van der Waals surface area contributed by atoms with E-state index in [4.69, 9.17) is 4.74 Å². The third-order valence-corrected chi connectivity index (χ3v) is 4.23. The number of rotatable bonds is 3. The molecule has 0 radical (unpaired) electrons. The highest BCUT2D eigenvalue weighted by Gasteiger charge is 2.31. The largest absolute Gasteiger partial charge is 0.466 e. The third-order valence-electron chi connectivity index (χ3n) is 4.23. The molecule has 0 unspecified atom stereocenters. The number of ether oxygens (including phenoxy) is 1. The van der Waals surface area contributed by atoms with Crippen molar-refractivity contribution in [3.8, 4) is 0 Å². The smallest absolute Gasteiger partial charge is 0.310 e. The van der Waals surface area contributed by atoms with Gasteiger partial charge in [-0.25, -0.2) is 5.10 Å². The number of hydrogen-bond donors (Lipinski definition) is 1. The molecule has 24 heavy (non-hydrogen) atoms. The molecule has 1 aromatic heterocycles. The minimum atomic E-state index is -0.329. The molecular formula is C17H19N3O4. The van der Waals surface area contributed by atoms with Crippen LogP contribution in [0.3, 0.4) is 0 Å². The number of aromatic nitrogens is 2. The van der Waals surface area contributed by atoms with Crippen LogP contribution in [0.1, 0.15) is 30.3 Å².